The summed E-state index contributed by atoms with van der Waals surface area (Å²) >= 11 is 0. The number of ether oxygens (including phenoxy) is 3. The van der Waals surface area contributed by atoms with Gasteiger partial charge < -0.3 is 14.2 Å². The van der Waals surface area contributed by atoms with E-state index in [0.717, 1.165) is 51.4 Å². The van der Waals surface area contributed by atoms with Gasteiger partial charge in [-0.25, -0.2) is 8.42 Å². The summed E-state index contributed by atoms with van der Waals surface area (Å²) in [7, 11) is -3.41. The lowest BCUT2D eigenvalue weighted by molar-refractivity contribution is -0.170. The first kappa shape index (κ1) is 32.7. The largest absolute Gasteiger partial charge is 0.374 e. The van der Waals surface area contributed by atoms with Crippen LogP contribution in [-0.2, 0) is 24.0 Å². The van der Waals surface area contributed by atoms with E-state index in [-0.39, 0.29) is 59.6 Å². The summed E-state index contributed by atoms with van der Waals surface area (Å²) in [5, 5.41) is 0. The normalized spacial score (nSPS) is 36.0. The maximum Gasteiger partial charge on any atom is 0.178 e. The molecule has 0 saturated carbocycles. The van der Waals surface area contributed by atoms with Gasteiger partial charge in [0.05, 0.1) is 46.8 Å². The van der Waals surface area contributed by atoms with Crippen LogP contribution in [0, 0.1) is 29.6 Å². The number of rotatable bonds is 13. The molecule has 3 aliphatic heterocycles. The topological polar surface area (TPSA) is 61.8 Å². The second-order valence-corrected chi connectivity index (χ2v) is 15.8. The standard InChI is InChI=1S/C35H56O5S/c1-9-23(3)18-32-28(8)31(22-41(36,37)30-14-12-11-13-15-30)33(39-32)20-25(5)27(7)24(4)19-29-16-17-34-35(10-2,40-29)21-26(6)38-34/h11-15,23-26,28-29,31-34H,7,9-10,16-22H2,1-6,8H3/t23-,24-,25-,26+,28-,29-,31-,32-,33?,34+,35+/m1/s1. The molecule has 4 rings (SSSR count). The molecule has 5 nitrogen and oxygen atoms in total. The first-order valence-electron chi connectivity index (χ1n) is 16.3. The van der Waals surface area contributed by atoms with E-state index in [1.165, 1.54) is 5.57 Å². The Morgan fingerprint density at radius 2 is 1.66 bits per heavy atom. The van der Waals surface area contributed by atoms with Crippen LogP contribution >= 0.6 is 0 Å². The molecule has 11 atom stereocenters. The van der Waals surface area contributed by atoms with Crippen molar-refractivity contribution in [1.29, 1.82) is 0 Å². The molecule has 3 aliphatic rings. The summed E-state index contributed by atoms with van der Waals surface area (Å²) in [6.45, 7) is 20.2. The molecule has 1 unspecified atom stereocenters. The average molecular weight is 589 g/mol. The van der Waals surface area contributed by atoms with Gasteiger partial charge in [0.1, 0.15) is 0 Å². The minimum atomic E-state index is -3.41. The lowest BCUT2D eigenvalue weighted by Gasteiger charge is -2.42. The Kier molecular flexibility index (Phi) is 10.9. The molecular weight excluding hydrogens is 532 g/mol. The van der Waals surface area contributed by atoms with Gasteiger partial charge in [0.25, 0.3) is 0 Å². The van der Waals surface area contributed by atoms with Crippen molar-refractivity contribution in [3.63, 3.8) is 0 Å². The number of fused-ring (bicyclic) bond motifs is 1. The highest BCUT2D eigenvalue weighted by Gasteiger charge is 2.51. The lowest BCUT2D eigenvalue weighted by Crippen LogP contribution is -2.48. The predicted octanol–water partition coefficient (Wildman–Crippen LogP) is 8.03. The fourth-order valence-corrected chi connectivity index (χ4v) is 9.56. The van der Waals surface area contributed by atoms with E-state index in [2.05, 4.69) is 55.0 Å². The van der Waals surface area contributed by atoms with Crippen molar-refractivity contribution in [3.05, 3.63) is 42.5 Å². The van der Waals surface area contributed by atoms with E-state index in [1.807, 2.05) is 6.07 Å². The molecule has 1 aromatic carbocycles. The van der Waals surface area contributed by atoms with Crippen LogP contribution in [0.4, 0.5) is 0 Å². The Morgan fingerprint density at radius 3 is 2.32 bits per heavy atom. The van der Waals surface area contributed by atoms with E-state index in [4.69, 9.17) is 14.2 Å². The Balaban J connectivity index is 1.42. The van der Waals surface area contributed by atoms with Crippen molar-refractivity contribution in [3.8, 4) is 0 Å². The highest BCUT2D eigenvalue weighted by Crippen LogP contribution is 2.46. The van der Waals surface area contributed by atoms with Crippen LogP contribution in [-0.4, -0.2) is 50.3 Å². The Bertz CT molecular complexity index is 1100. The smallest absolute Gasteiger partial charge is 0.178 e. The third-order valence-corrected chi connectivity index (χ3v) is 12.6. The predicted molar refractivity (Wildman–Crippen MR) is 167 cm³/mol. The molecule has 0 aliphatic carbocycles. The first-order chi connectivity index (χ1) is 19.4. The maximum atomic E-state index is 13.5. The van der Waals surface area contributed by atoms with Crippen LogP contribution < -0.4 is 0 Å². The van der Waals surface area contributed by atoms with Crippen LogP contribution in [0.15, 0.2) is 47.4 Å². The van der Waals surface area contributed by atoms with Crippen molar-refractivity contribution < 1.29 is 22.6 Å². The molecule has 0 amide bonds. The Morgan fingerprint density at radius 1 is 0.976 bits per heavy atom. The summed E-state index contributed by atoms with van der Waals surface area (Å²) < 4.78 is 46.6. The van der Waals surface area contributed by atoms with Crippen molar-refractivity contribution >= 4 is 9.84 Å². The third-order valence-electron chi connectivity index (χ3n) is 10.8. The number of sulfone groups is 1. The molecule has 41 heavy (non-hydrogen) atoms. The highest BCUT2D eigenvalue weighted by molar-refractivity contribution is 7.91. The van der Waals surface area contributed by atoms with E-state index >= 15 is 0 Å². The van der Waals surface area contributed by atoms with Gasteiger partial charge >= 0.3 is 0 Å². The van der Waals surface area contributed by atoms with Gasteiger partial charge in [-0.1, -0.05) is 78.3 Å². The molecular formula is C35H56O5S. The quantitative estimate of drug-likeness (QED) is 0.218. The van der Waals surface area contributed by atoms with Gasteiger partial charge in [0.15, 0.2) is 9.84 Å². The van der Waals surface area contributed by atoms with Gasteiger partial charge in [-0.2, -0.15) is 0 Å². The van der Waals surface area contributed by atoms with E-state index in [1.54, 1.807) is 24.3 Å². The molecule has 3 saturated heterocycles. The molecule has 0 radical (unpaired) electrons. The summed E-state index contributed by atoms with van der Waals surface area (Å²) in [6.07, 6.45) is 8.65. The van der Waals surface area contributed by atoms with Crippen molar-refractivity contribution in [2.24, 2.45) is 29.6 Å². The summed E-state index contributed by atoms with van der Waals surface area (Å²) in [5.74, 6) is 1.39. The molecule has 3 heterocycles. The zero-order valence-corrected chi connectivity index (χ0v) is 27.5. The average Bonchev–Trinajstić information content (AvgIpc) is 3.43. The highest BCUT2D eigenvalue weighted by atomic mass is 32.2. The molecule has 0 spiro atoms. The van der Waals surface area contributed by atoms with Crippen LogP contribution in [0.25, 0.3) is 0 Å². The number of benzene rings is 1. The molecule has 0 aromatic heterocycles. The SMILES string of the molecule is C=C([C@H](C)CC1O[C@H](C[C@H](C)CC)[C@H](C)[C@H]1CS(=O)(=O)c1ccccc1)[C@H](C)C[C@H]1CC[C@@H]2O[C@@H](C)C[C@]2(CC)O1. The number of hydrogen-bond acceptors (Lipinski definition) is 5. The molecule has 0 bridgehead atoms. The van der Waals surface area contributed by atoms with E-state index in [0.29, 0.717) is 16.7 Å². The number of hydrogen-bond donors (Lipinski definition) is 0. The fourth-order valence-electron chi connectivity index (χ4n) is 7.77. The molecule has 6 heteroatoms. The Labute approximate surface area is 250 Å². The van der Waals surface area contributed by atoms with Crippen molar-refractivity contribution in [2.45, 2.75) is 141 Å². The second-order valence-electron chi connectivity index (χ2n) is 13.8. The molecule has 0 N–H and O–H groups in total. The van der Waals surface area contributed by atoms with Crippen molar-refractivity contribution in [1.82, 2.24) is 0 Å². The van der Waals surface area contributed by atoms with Gasteiger partial charge in [-0.3, -0.25) is 0 Å². The van der Waals surface area contributed by atoms with Gasteiger partial charge in [0.2, 0.25) is 0 Å². The summed E-state index contributed by atoms with van der Waals surface area (Å²) in [4.78, 5) is 0.407. The van der Waals surface area contributed by atoms with Gasteiger partial charge in [0, 0.05) is 12.3 Å². The van der Waals surface area contributed by atoms with Gasteiger partial charge in [-0.05, 0) is 81.3 Å². The summed E-state index contributed by atoms with van der Waals surface area (Å²) in [6, 6.07) is 8.89. The lowest BCUT2D eigenvalue weighted by atomic mass is 9.79. The second kappa shape index (κ2) is 13.6. The van der Waals surface area contributed by atoms with Crippen LogP contribution in [0.2, 0.25) is 0 Å². The number of allylic oxidation sites excluding steroid dienone is 1. The molecule has 3 fully saturated rings. The van der Waals surface area contributed by atoms with Crippen molar-refractivity contribution in [2.75, 3.05) is 5.75 Å². The Hall–Kier alpha value is -1.21. The first-order valence-corrected chi connectivity index (χ1v) is 18.0. The molecule has 1 aromatic rings. The minimum absolute atomic E-state index is 0.0350. The minimum Gasteiger partial charge on any atom is -0.374 e. The zero-order valence-electron chi connectivity index (χ0n) is 26.7. The van der Waals surface area contributed by atoms with Gasteiger partial charge in [-0.15, -0.1) is 0 Å². The maximum absolute atomic E-state index is 13.5. The van der Waals surface area contributed by atoms with Crippen LogP contribution in [0.1, 0.15) is 99.8 Å². The third kappa shape index (κ3) is 7.48. The van der Waals surface area contributed by atoms with Crippen LogP contribution in [0.3, 0.4) is 0 Å². The van der Waals surface area contributed by atoms with E-state index < -0.39 is 9.84 Å². The van der Waals surface area contributed by atoms with Crippen LogP contribution in [0.5, 0.6) is 0 Å². The molecule has 232 valence electrons. The van der Waals surface area contributed by atoms with E-state index in [9.17, 15) is 8.42 Å². The fraction of sp³-hybridized carbons (Fsp3) is 0.771. The zero-order chi connectivity index (χ0) is 29.9. The summed E-state index contributed by atoms with van der Waals surface area (Å²) in [5.41, 5.74) is 1.09. The monoisotopic (exact) mass is 588 g/mol.